The Morgan fingerprint density at radius 1 is 1.47 bits per heavy atom. The fourth-order valence-electron chi connectivity index (χ4n) is 2.29. The minimum absolute atomic E-state index is 0.0923. The van der Waals surface area contributed by atoms with E-state index in [1.165, 1.54) is 0 Å². The molecule has 15 heavy (non-hydrogen) atoms. The first-order valence-electron chi connectivity index (χ1n) is 5.10. The van der Waals surface area contributed by atoms with E-state index in [0.29, 0.717) is 11.6 Å². The molecule has 2 aliphatic rings. The number of anilines is 1. The average molecular weight is 226 g/mol. The molecule has 3 atom stereocenters. The molecule has 0 amide bonds. The van der Waals surface area contributed by atoms with E-state index in [-0.39, 0.29) is 12.1 Å². The molecule has 1 aromatic carbocycles. The molecule has 4 heteroatoms. The predicted molar refractivity (Wildman–Crippen MR) is 58.2 cm³/mol. The molecule has 0 aromatic heterocycles. The summed E-state index contributed by atoms with van der Waals surface area (Å²) < 4.78 is 5.59. The van der Waals surface area contributed by atoms with Crippen LogP contribution < -0.4 is 5.32 Å². The van der Waals surface area contributed by atoms with Crippen molar-refractivity contribution in [2.75, 3.05) is 11.9 Å². The summed E-state index contributed by atoms with van der Waals surface area (Å²) in [5.41, 5.74) is 2.13. The maximum atomic E-state index is 9.69. The predicted octanol–water partition coefficient (Wildman–Crippen LogP) is 1.96. The second-order valence-corrected chi connectivity index (χ2v) is 4.54. The molecule has 2 bridgehead atoms. The van der Waals surface area contributed by atoms with E-state index in [9.17, 15) is 5.11 Å². The van der Waals surface area contributed by atoms with E-state index in [0.717, 1.165) is 17.7 Å². The third kappa shape index (κ3) is 1.51. The average Bonchev–Trinajstić information content (AvgIpc) is 2.23. The van der Waals surface area contributed by atoms with Gasteiger partial charge in [0.2, 0.25) is 0 Å². The van der Waals surface area contributed by atoms with Crippen molar-refractivity contribution >= 4 is 17.3 Å². The molecule has 0 unspecified atom stereocenters. The molecule has 2 aliphatic heterocycles. The van der Waals surface area contributed by atoms with Gasteiger partial charge in [-0.05, 0) is 12.1 Å². The molecule has 3 rings (SSSR count). The number of nitrogens with one attached hydrogen (secondary N) is 1. The van der Waals surface area contributed by atoms with Crippen molar-refractivity contribution in [3.63, 3.8) is 0 Å². The minimum atomic E-state index is -0.423. The van der Waals surface area contributed by atoms with E-state index in [4.69, 9.17) is 16.3 Å². The quantitative estimate of drug-likeness (QED) is 0.709. The Labute approximate surface area is 93.0 Å². The highest BCUT2D eigenvalue weighted by Crippen LogP contribution is 2.39. The van der Waals surface area contributed by atoms with Gasteiger partial charge in [0, 0.05) is 22.7 Å². The lowest BCUT2D eigenvalue weighted by Gasteiger charge is -2.40. The van der Waals surface area contributed by atoms with Crippen LogP contribution >= 0.6 is 11.6 Å². The first-order valence-corrected chi connectivity index (χ1v) is 5.47. The second kappa shape index (κ2) is 3.37. The maximum absolute atomic E-state index is 9.69. The molecule has 1 saturated heterocycles. The number of hydrogen-bond donors (Lipinski definition) is 2. The molecular weight excluding hydrogens is 214 g/mol. The zero-order valence-electron chi connectivity index (χ0n) is 8.11. The van der Waals surface area contributed by atoms with Gasteiger partial charge in [0.15, 0.2) is 0 Å². The summed E-state index contributed by atoms with van der Waals surface area (Å²) in [7, 11) is 0. The van der Waals surface area contributed by atoms with Crippen LogP contribution in [0.5, 0.6) is 0 Å². The zero-order valence-corrected chi connectivity index (χ0v) is 8.87. The number of hydrogen-bond acceptors (Lipinski definition) is 3. The molecule has 1 fully saturated rings. The van der Waals surface area contributed by atoms with Crippen molar-refractivity contribution in [3.8, 4) is 0 Å². The number of fused-ring (bicyclic) bond motifs is 4. The summed E-state index contributed by atoms with van der Waals surface area (Å²) in [4.78, 5) is 0. The van der Waals surface area contributed by atoms with Gasteiger partial charge in [-0.15, -0.1) is 0 Å². The van der Waals surface area contributed by atoms with E-state index in [1.807, 2.05) is 18.2 Å². The van der Waals surface area contributed by atoms with Crippen molar-refractivity contribution in [2.24, 2.45) is 0 Å². The Bertz CT molecular complexity index is 396. The third-order valence-corrected chi connectivity index (χ3v) is 3.34. The van der Waals surface area contributed by atoms with Crippen LogP contribution in [-0.4, -0.2) is 23.9 Å². The summed E-state index contributed by atoms with van der Waals surface area (Å²) in [5.74, 6) is 0. The maximum Gasteiger partial charge on any atom is 0.0975 e. The number of halogens is 1. The van der Waals surface area contributed by atoms with Crippen molar-refractivity contribution < 1.29 is 9.84 Å². The Kier molecular flexibility index (Phi) is 2.12. The van der Waals surface area contributed by atoms with Crippen LogP contribution in [0.25, 0.3) is 0 Å². The smallest absolute Gasteiger partial charge is 0.0975 e. The van der Waals surface area contributed by atoms with E-state index >= 15 is 0 Å². The molecule has 2 N–H and O–H groups in total. The summed E-state index contributed by atoms with van der Waals surface area (Å²) in [6.45, 7) is 0.407. The van der Waals surface area contributed by atoms with E-state index in [2.05, 4.69) is 5.32 Å². The van der Waals surface area contributed by atoms with Crippen LogP contribution in [0.1, 0.15) is 18.1 Å². The van der Waals surface area contributed by atoms with E-state index in [1.54, 1.807) is 0 Å². The highest BCUT2D eigenvalue weighted by molar-refractivity contribution is 6.30. The zero-order chi connectivity index (χ0) is 10.4. The van der Waals surface area contributed by atoms with Gasteiger partial charge in [0.1, 0.15) is 0 Å². The lowest BCUT2D eigenvalue weighted by molar-refractivity contribution is -0.0672. The fourth-order valence-corrected chi connectivity index (χ4v) is 2.46. The molecule has 2 heterocycles. The lowest BCUT2D eigenvalue weighted by Crippen LogP contribution is -2.45. The monoisotopic (exact) mass is 225 g/mol. The highest BCUT2D eigenvalue weighted by Gasteiger charge is 2.35. The number of ether oxygens (including phenoxy) is 1. The van der Waals surface area contributed by atoms with Crippen LogP contribution in [0.15, 0.2) is 18.2 Å². The molecule has 0 spiro atoms. The Balaban J connectivity index is 2.03. The van der Waals surface area contributed by atoms with Gasteiger partial charge in [-0.1, -0.05) is 17.7 Å². The van der Waals surface area contributed by atoms with Crippen LogP contribution in [0.4, 0.5) is 5.69 Å². The van der Waals surface area contributed by atoms with Crippen molar-refractivity contribution in [1.82, 2.24) is 0 Å². The molecule has 80 valence electrons. The summed E-state index contributed by atoms with van der Waals surface area (Å²) in [5, 5.41) is 13.7. The standard InChI is InChI=1S/C11H12ClNO2/c12-6-1-2-7-8(3-6)13-9-4-11(7)15-5-10(9)14/h1-3,9-11,13-14H,4-5H2/t9-,10+,11-/m0/s1. The Hall–Kier alpha value is -0.770. The first-order chi connectivity index (χ1) is 7.24. The van der Waals surface area contributed by atoms with Gasteiger partial charge in [0.25, 0.3) is 0 Å². The Morgan fingerprint density at radius 2 is 2.33 bits per heavy atom. The molecule has 0 radical (unpaired) electrons. The highest BCUT2D eigenvalue weighted by atomic mass is 35.5. The largest absolute Gasteiger partial charge is 0.389 e. The van der Waals surface area contributed by atoms with Gasteiger partial charge in [0.05, 0.1) is 24.9 Å². The molecule has 1 aromatic rings. The summed E-state index contributed by atoms with van der Waals surface area (Å²) in [6, 6.07) is 5.84. The van der Waals surface area contributed by atoms with Crippen molar-refractivity contribution in [2.45, 2.75) is 24.7 Å². The fraction of sp³-hybridized carbons (Fsp3) is 0.455. The number of aliphatic hydroxyl groups excluding tert-OH is 1. The molecular formula is C11H12ClNO2. The van der Waals surface area contributed by atoms with Crippen LogP contribution in [0, 0.1) is 0 Å². The topological polar surface area (TPSA) is 41.5 Å². The van der Waals surface area contributed by atoms with Gasteiger partial charge in [-0.2, -0.15) is 0 Å². The van der Waals surface area contributed by atoms with Crippen molar-refractivity contribution in [1.29, 1.82) is 0 Å². The summed E-state index contributed by atoms with van der Waals surface area (Å²) >= 11 is 5.93. The lowest BCUT2D eigenvalue weighted by atomic mass is 9.90. The molecule has 0 aliphatic carbocycles. The van der Waals surface area contributed by atoms with Crippen LogP contribution in [-0.2, 0) is 4.74 Å². The third-order valence-electron chi connectivity index (χ3n) is 3.10. The minimum Gasteiger partial charge on any atom is -0.389 e. The first kappa shape index (κ1) is 9.46. The Morgan fingerprint density at radius 3 is 3.20 bits per heavy atom. The number of benzene rings is 1. The van der Waals surface area contributed by atoms with Gasteiger partial charge < -0.3 is 15.2 Å². The molecule has 0 saturated carbocycles. The van der Waals surface area contributed by atoms with Gasteiger partial charge in [-0.25, -0.2) is 0 Å². The van der Waals surface area contributed by atoms with Crippen molar-refractivity contribution in [3.05, 3.63) is 28.8 Å². The normalized spacial score (nSPS) is 33.1. The number of rotatable bonds is 0. The summed E-state index contributed by atoms with van der Waals surface area (Å²) in [6.07, 6.45) is 0.510. The second-order valence-electron chi connectivity index (χ2n) is 4.11. The molecule has 3 nitrogen and oxygen atoms in total. The van der Waals surface area contributed by atoms with E-state index < -0.39 is 6.10 Å². The number of aliphatic hydroxyl groups is 1. The van der Waals surface area contributed by atoms with Gasteiger partial charge >= 0.3 is 0 Å². The van der Waals surface area contributed by atoms with Gasteiger partial charge in [-0.3, -0.25) is 0 Å². The van der Waals surface area contributed by atoms with Crippen LogP contribution in [0.3, 0.4) is 0 Å². The SMILES string of the molecule is O[C@@H]1CO[C@H]2C[C@@H]1Nc1cc(Cl)ccc12. The van der Waals surface area contributed by atoms with Crippen LogP contribution in [0.2, 0.25) is 5.02 Å².